The van der Waals surface area contributed by atoms with Gasteiger partial charge in [0.2, 0.25) is 0 Å². The van der Waals surface area contributed by atoms with Crippen LogP contribution in [0.25, 0.3) is 0 Å². The first-order chi connectivity index (χ1) is 7.71. The van der Waals surface area contributed by atoms with E-state index >= 15 is 0 Å². The second-order valence-corrected chi connectivity index (χ2v) is 6.82. The monoisotopic (exact) mass is 438 g/mol. The number of halogens is 2. The maximum absolute atomic E-state index is 6.28. The Morgan fingerprint density at radius 3 is 2.44 bits per heavy atom. The Morgan fingerprint density at radius 2 is 1.81 bits per heavy atom. The lowest BCUT2D eigenvalue weighted by Gasteiger charge is -2.31. The number of ether oxygens (including phenoxy) is 1. The molecular weight excluding hydrogens is 426 g/mol. The first-order valence-corrected chi connectivity index (χ1v) is 7.64. The summed E-state index contributed by atoms with van der Waals surface area (Å²) in [6.07, 6.45) is 3.68. The first-order valence-electron chi connectivity index (χ1n) is 5.49. The molecule has 0 aromatic heterocycles. The van der Waals surface area contributed by atoms with Crippen molar-refractivity contribution in [2.24, 2.45) is 0 Å². The number of benzene rings is 1. The van der Waals surface area contributed by atoms with Crippen LogP contribution in [0.3, 0.4) is 0 Å². The third-order valence-corrected chi connectivity index (χ3v) is 6.89. The van der Waals surface area contributed by atoms with E-state index in [1.54, 1.807) is 0 Å². The molecule has 1 nitrogen and oxygen atoms in total. The number of hydrogen-bond donors (Lipinski definition) is 0. The molecule has 1 unspecified atom stereocenters. The van der Waals surface area contributed by atoms with Crippen molar-refractivity contribution in [1.29, 1.82) is 0 Å². The van der Waals surface area contributed by atoms with E-state index < -0.39 is 0 Å². The summed E-state index contributed by atoms with van der Waals surface area (Å²) >= 11 is 4.95. The van der Waals surface area contributed by atoms with E-state index in [0.717, 1.165) is 6.42 Å². The predicted octanol–water partition coefficient (Wildman–Crippen LogP) is 4.76. The molecule has 0 saturated heterocycles. The Morgan fingerprint density at radius 1 is 1.12 bits per heavy atom. The molecule has 1 aliphatic heterocycles. The second-order valence-electron chi connectivity index (χ2n) is 4.43. The van der Waals surface area contributed by atoms with E-state index in [-0.39, 0.29) is 11.7 Å². The highest BCUT2D eigenvalue weighted by Crippen LogP contribution is 2.57. The van der Waals surface area contributed by atoms with Gasteiger partial charge in [0.05, 0.1) is 6.10 Å². The summed E-state index contributed by atoms with van der Waals surface area (Å²) in [6.45, 7) is 0. The molecule has 0 bridgehead atoms. The maximum atomic E-state index is 6.28. The van der Waals surface area contributed by atoms with Crippen LogP contribution in [0, 0.1) is 0 Å². The zero-order valence-electron chi connectivity index (χ0n) is 8.75. The van der Waals surface area contributed by atoms with E-state index in [0.29, 0.717) is 0 Å². The topological polar surface area (TPSA) is 9.23 Å². The number of rotatable bonds is 1. The van der Waals surface area contributed by atoms with Crippen molar-refractivity contribution in [2.45, 2.75) is 31.0 Å². The molecule has 2 aliphatic rings. The fourth-order valence-electron chi connectivity index (χ4n) is 2.17. The molecule has 1 saturated carbocycles. The zero-order chi connectivity index (χ0) is 11.2. The SMILES string of the molecule is IC1=C(I)C2(CC2)OC(c2ccccc2)C1. The van der Waals surface area contributed by atoms with Gasteiger partial charge in [-0.15, -0.1) is 0 Å². The standard InChI is InChI=1S/C13H12I2O/c14-10-8-11(9-4-2-1-3-5-9)16-13(6-7-13)12(10)15/h1-5,11H,6-8H2. The molecule has 16 heavy (non-hydrogen) atoms. The first kappa shape index (κ1) is 11.5. The van der Waals surface area contributed by atoms with Gasteiger partial charge in [-0.3, -0.25) is 0 Å². The van der Waals surface area contributed by atoms with Crippen LogP contribution in [0.2, 0.25) is 0 Å². The summed E-state index contributed by atoms with van der Waals surface area (Å²) in [7, 11) is 0. The molecule has 84 valence electrons. The fourth-order valence-corrected chi connectivity index (χ4v) is 3.95. The van der Waals surface area contributed by atoms with Gasteiger partial charge in [-0.2, -0.15) is 0 Å². The normalized spacial score (nSPS) is 27.2. The van der Waals surface area contributed by atoms with Crippen molar-refractivity contribution in [3.8, 4) is 0 Å². The van der Waals surface area contributed by atoms with Gasteiger partial charge in [-0.1, -0.05) is 30.3 Å². The Hall–Kier alpha value is 0.380. The highest BCUT2D eigenvalue weighted by molar-refractivity contribution is 14.1. The fraction of sp³-hybridized carbons (Fsp3) is 0.385. The van der Waals surface area contributed by atoms with Crippen LogP contribution in [0.1, 0.15) is 30.9 Å². The van der Waals surface area contributed by atoms with Crippen LogP contribution >= 0.6 is 45.2 Å². The van der Waals surface area contributed by atoms with E-state index in [2.05, 4.69) is 75.5 Å². The van der Waals surface area contributed by atoms with Crippen molar-refractivity contribution in [2.75, 3.05) is 0 Å². The molecule has 3 heteroatoms. The lowest BCUT2D eigenvalue weighted by molar-refractivity contribution is -0.0132. The molecule has 1 aromatic rings. The summed E-state index contributed by atoms with van der Waals surface area (Å²) in [6, 6.07) is 10.6. The molecule has 0 amide bonds. The van der Waals surface area contributed by atoms with Crippen molar-refractivity contribution in [1.82, 2.24) is 0 Å². The lowest BCUT2D eigenvalue weighted by atomic mass is 10.0. The predicted molar refractivity (Wildman–Crippen MR) is 81.9 cm³/mol. The molecule has 1 heterocycles. The highest BCUT2D eigenvalue weighted by atomic mass is 127. The third-order valence-electron chi connectivity index (χ3n) is 3.25. The summed E-state index contributed by atoms with van der Waals surface area (Å²) in [4.78, 5) is 0. The van der Waals surface area contributed by atoms with Crippen molar-refractivity contribution in [3.63, 3.8) is 0 Å². The minimum Gasteiger partial charge on any atom is -0.362 e. The molecule has 3 rings (SSSR count). The molecule has 1 aliphatic carbocycles. The van der Waals surface area contributed by atoms with Gasteiger partial charge >= 0.3 is 0 Å². The smallest absolute Gasteiger partial charge is 0.101 e. The number of hydrogen-bond acceptors (Lipinski definition) is 1. The zero-order valence-corrected chi connectivity index (χ0v) is 13.1. The Balaban J connectivity index is 1.92. The molecule has 1 spiro atoms. The van der Waals surface area contributed by atoms with Gasteiger partial charge in [0.15, 0.2) is 0 Å². The average molecular weight is 438 g/mol. The van der Waals surface area contributed by atoms with Crippen molar-refractivity contribution >= 4 is 45.2 Å². The largest absolute Gasteiger partial charge is 0.362 e. The maximum Gasteiger partial charge on any atom is 0.101 e. The van der Waals surface area contributed by atoms with Gasteiger partial charge in [0.25, 0.3) is 0 Å². The Bertz CT molecular complexity index is 435. The van der Waals surface area contributed by atoms with Crippen LogP contribution < -0.4 is 0 Å². The quantitative estimate of drug-likeness (QED) is 0.575. The minimum absolute atomic E-state index is 0.0931. The molecule has 0 N–H and O–H groups in total. The van der Waals surface area contributed by atoms with E-state index in [1.807, 2.05) is 0 Å². The summed E-state index contributed by atoms with van der Waals surface area (Å²) < 4.78 is 9.21. The lowest BCUT2D eigenvalue weighted by Crippen LogP contribution is -2.24. The summed E-state index contributed by atoms with van der Waals surface area (Å²) in [5.74, 6) is 0. The molecular formula is C13H12I2O. The molecule has 1 aromatic carbocycles. The van der Waals surface area contributed by atoms with Crippen LogP contribution in [-0.2, 0) is 4.74 Å². The highest BCUT2D eigenvalue weighted by Gasteiger charge is 2.51. The van der Waals surface area contributed by atoms with Crippen LogP contribution in [-0.4, -0.2) is 5.60 Å². The van der Waals surface area contributed by atoms with Crippen LogP contribution in [0.15, 0.2) is 37.5 Å². The van der Waals surface area contributed by atoms with Crippen molar-refractivity contribution < 1.29 is 4.74 Å². The van der Waals surface area contributed by atoms with E-state index in [1.165, 1.54) is 25.6 Å². The minimum atomic E-state index is 0.0931. The van der Waals surface area contributed by atoms with Gasteiger partial charge < -0.3 is 4.74 Å². The van der Waals surface area contributed by atoms with Crippen LogP contribution in [0.4, 0.5) is 0 Å². The molecule has 1 atom stereocenters. The molecule has 0 radical (unpaired) electrons. The van der Waals surface area contributed by atoms with Gasteiger partial charge in [-0.25, -0.2) is 0 Å². The summed E-state index contributed by atoms with van der Waals surface area (Å²) in [5.41, 5.74) is 1.40. The van der Waals surface area contributed by atoms with Gasteiger partial charge in [0, 0.05) is 13.6 Å². The van der Waals surface area contributed by atoms with E-state index in [4.69, 9.17) is 4.74 Å². The Kier molecular flexibility index (Phi) is 3.04. The third kappa shape index (κ3) is 1.95. The van der Waals surface area contributed by atoms with Gasteiger partial charge in [-0.05, 0) is 63.6 Å². The van der Waals surface area contributed by atoms with Crippen molar-refractivity contribution in [3.05, 3.63) is 43.1 Å². The van der Waals surface area contributed by atoms with Gasteiger partial charge in [0.1, 0.15) is 5.60 Å². The Labute approximate surface area is 123 Å². The summed E-state index contributed by atoms with van der Waals surface area (Å²) in [5, 5.41) is 0. The molecule has 1 fully saturated rings. The van der Waals surface area contributed by atoms with Crippen LogP contribution in [0.5, 0.6) is 0 Å². The average Bonchev–Trinajstić information content (AvgIpc) is 3.08. The van der Waals surface area contributed by atoms with E-state index in [9.17, 15) is 0 Å². The second kappa shape index (κ2) is 4.24.